The number of fused-ring (bicyclic) bond motifs is 4. The van der Waals surface area contributed by atoms with Gasteiger partial charge in [0.15, 0.2) is 11.8 Å². The third-order valence-corrected chi connectivity index (χ3v) is 11.9. The fourth-order valence-corrected chi connectivity index (χ4v) is 9.03. The minimum absolute atomic E-state index is 0.124. The number of nitrogens with one attached hydrogen (secondary N) is 2. The first-order chi connectivity index (χ1) is 26.3. The average Bonchev–Trinajstić information content (AvgIpc) is 4.13. The van der Waals surface area contributed by atoms with Gasteiger partial charge in [-0.25, -0.2) is 0 Å². The van der Waals surface area contributed by atoms with Gasteiger partial charge in [0.1, 0.15) is 35.6 Å². The van der Waals surface area contributed by atoms with Crippen molar-refractivity contribution in [2.24, 2.45) is 17.3 Å². The number of phenols is 1. The number of aliphatic hydroxyl groups is 1. The van der Waals surface area contributed by atoms with Crippen LogP contribution in [-0.4, -0.2) is 82.5 Å². The van der Waals surface area contributed by atoms with E-state index in [0.29, 0.717) is 17.5 Å². The second kappa shape index (κ2) is 13.9. The van der Waals surface area contributed by atoms with E-state index in [1.807, 2.05) is 54.6 Å². The van der Waals surface area contributed by atoms with Crippen LogP contribution in [-0.2, 0) is 48.1 Å². The quantitative estimate of drug-likeness (QED) is 0.191. The lowest BCUT2D eigenvalue weighted by molar-refractivity contribution is -0.235. The standard InChI is InChI=1S/C42H45N3O9/c46-20-19-43-38(48)29-9-4-6-27(21-29)23-44-40(50)41-22-33-34-35(53-42(52-34,30-15-16-30)31-17-18-31)37(41)54-45(36(41)39(49)51-33)24-26-13-11-25(12-14-26)5-3-8-28-7-1-2-10-32(28)47/h1-7,9-14,21,30-31,33-37,46-47H,8,15-20,22-24H2,(H,43,48)(H,44,50)/t33-,34+,35+,36+,37-,41+/m1/s1. The maximum atomic E-state index is 14.7. The van der Waals surface area contributed by atoms with Crippen LogP contribution in [0.5, 0.6) is 5.75 Å². The SMILES string of the molecule is O=C(NCCO)c1cccc(CNC(=O)[C@@]23C[C@H]4OC(=O)[C@@H]2N(Cc2ccc(C=CCc5ccccc5O)cc2)O[C@@H]3[C@H]2OC(C3CC3)(C3CC3)O[C@H]24)c1. The molecule has 54 heavy (non-hydrogen) atoms. The summed E-state index contributed by atoms with van der Waals surface area (Å²) in [5.74, 6) is -1.11. The number of rotatable bonds is 13. The normalized spacial score (nSPS) is 29.5. The van der Waals surface area contributed by atoms with Crippen molar-refractivity contribution < 1.29 is 43.6 Å². The number of hydroxylamine groups is 2. The first-order valence-corrected chi connectivity index (χ1v) is 19.1. The summed E-state index contributed by atoms with van der Waals surface area (Å²) in [6.07, 6.45) is 6.29. The van der Waals surface area contributed by atoms with Crippen molar-refractivity contribution in [1.82, 2.24) is 15.7 Å². The fraction of sp³-hybridized carbons (Fsp3) is 0.452. The highest BCUT2D eigenvalue weighted by Gasteiger charge is 2.78. The zero-order valence-corrected chi connectivity index (χ0v) is 29.9. The summed E-state index contributed by atoms with van der Waals surface area (Å²) in [4.78, 5) is 48.2. The molecule has 12 nitrogen and oxygen atoms in total. The number of hydrogen-bond donors (Lipinski definition) is 4. The molecule has 3 aromatic carbocycles. The largest absolute Gasteiger partial charge is 0.508 e. The highest BCUT2D eigenvalue weighted by molar-refractivity contribution is 5.95. The van der Waals surface area contributed by atoms with E-state index in [0.717, 1.165) is 42.4 Å². The van der Waals surface area contributed by atoms with E-state index < -0.39 is 47.6 Å². The Morgan fingerprint density at radius 1 is 0.907 bits per heavy atom. The Morgan fingerprint density at radius 3 is 2.41 bits per heavy atom. The molecule has 12 heteroatoms. The zero-order valence-electron chi connectivity index (χ0n) is 29.9. The van der Waals surface area contributed by atoms with Crippen molar-refractivity contribution in [2.75, 3.05) is 13.2 Å². The predicted molar refractivity (Wildman–Crippen MR) is 194 cm³/mol. The number of benzene rings is 3. The lowest BCUT2D eigenvalue weighted by Crippen LogP contribution is -2.69. The summed E-state index contributed by atoms with van der Waals surface area (Å²) in [5, 5.41) is 26.6. The van der Waals surface area contributed by atoms with Crippen LogP contribution in [0.4, 0.5) is 0 Å². The Kier molecular flexibility index (Phi) is 9.06. The van der Waals surface area contributed by atoms with Crippen LogP contribution in [0, 0.1) is 17.3 Å². The molecule has 3 aromatic rings. The maximum Gasteiger partial charge on any atom is 0.327 e. The van der Waals surface area contributed by atoms with Crippen molar-refractivity contribution >= 4 is 23.9 Å². The van der Waals surface area contributed by atoms with E-state index in [-0.39, 0.29) is 62.1 Å². The molecule has 0 unspecified atom stereocenters. The molecule has 9 rings (SSSR count). The molecule has 2 bridgehead atoms. The van der Waals surface area contributed by atoms with Gasteiger partial charge in [-0.1, -0.05) is 66.7 Å². The van der Waals surface area contributed by atoms with E-state index >= 15 is 0 Å². The average molecular weight is 736 g/mol. The van der Waals surface area contributed by atoms with E-state index in [1.165, 1.54) is 0 Å². The summed E-state index contributed by atoms with van der Waals surface area (Å²) in [7, 11) is 0. The molecule has 0 aromatic heterocycles. The third-order valence-electron chi connectivity index (χ3n) is 11.9. The van der Waals surface area contributed by atoms with Crippen LogP contribution in [0.15, 0.2) is 78.9 Å². The lowest BCUT2D eigenvalue weighted by atomic mass is 9.62. The van der Waals surface area contributed by atoms with Gasteiger partial charge in [-0.2, -0.15) is 5.06 Å². The number of aliphatic hydroxyl groups excluding tert-OH is 1. The van der Waals surface area contributed by atoms with E-state index in [2.05, 4.69) is 10.6 Å². The molecule has 3 saturated heterocycles. The number of ether oxygens (including phenoxy) is 3. The van der Waals surface area contributed by atoms with Gasteiger partial charge in [0, 0.05) is 36.9 Å². The molecular formula is C42H45N3O9. The number of amides is 2. The number of allylic oxidation sites excluding steroid dienone is 1. The third kappa shape index (κ3) is 6.19. The van der Waals surface area contributed by atoms with Crippen molar-refractivity contribution in [3.05, 3.63) is 107 Å². The smallest absolute Gasteiger partial charge is 0.327 e. The molecule has 3 aliphatic heterocycles. The van der Waals surface area contributed by atoms with Gasteiger partial charge in [0.25, 0.3) is 5.91 Å². The number of carbonyl (C=O) groups excluding carboxylic acids is 3. The number of carbonyl (C=O) groups is 3. The van der Waals surface area contributed by atoms with Crippen LogP contribution >= 0.6 is 0 Å². The van der Waals surface area contributed by atoms with Gasteiger partial charge in [-0.15, -0.1) is 0 Å². The maximum absolute atomic E-state index is 14.7. The van der Waals surface area contributed by atoms with Crippen molar-refractivity contribution in [3.8, 4) is 5.75 Å². The second-order valence-electron chi connectivity index (χ2n) is 15.5. The van der Waals surface area contributed by atoms with E-state index in [1.54, 1.807) is 35.4 Å². The lowest BCUT2D eigenvalue weighted by Gasteiger charge is -2.48. The fourth-order valence-electron chi connectivity index (χ4n) is 9.03. The van der Waals surface area contributed by atoms with Gasteiger partial charge in [-0.05, 0) is 72.6 Å². The molecule has 0 radical (unpaired) electrons. The Bertz CT molecular complexity index is 1950. The molecule has 6 fully saturated rings. The molecule has 2 amide bonds. The van der Waals surface area contributed by atoms with Gasteiger partial charge in [-0.3, -0.25) is 19.2 Å². The number of para-hydroxylation sites is 1. The zero-order chi connectivity index (χ0) is 37.0. The number of aromatic hydroxyl groups is 1. The van der Waals surface area contributed by atoms with Crippen molar-refractivity contribution in [2.45, 2.75) is 87.9 Å². The first-order valence-electron chi connectivity index (χ1n) is 19.1. The molecule has 6 aliphatic rings. The molecule has 4 N–H and O–H groups in total. The van der Waals surface area contributed by atoms with Gasteiger partial charge in [0.05, 0.1) is 13.2 Å². The van der Waals surface area contributed by atoms with E-state index in [9.17, 15) is 19.5 Å². The molecule has 3 aliphatic carbocycles. The van der Waals surface area contributed by atoms with Crippen LogP contribution in [0.3, 0.4) is 0 Å². The van der Waals surface area contributed by atoms with Crippen molar-refractivity contribution in [3.63, 3.8) is 0 Å². The van der Waals surface area contributed by atoms with Crippen LogP contribution in [0.25, 0.3) is 6.08 Å². The second-order valence-corrected chi connectivity index (χ2v) is 15.5. The van der Waals surface area contributed by atoms with Crippen molar-refractivity contribution in [1.29, 1.82) is 0 Å². The Balaban J connectivity index is 0.976. The summed E-state index contributed by atoms with van der Waals surface area (Å²) < 4.78 is 20.0. The highest BCUT2D eigenvalue weighted by atomic mass is 16.8. The topological polar surface area (TPSA) is 156 Å². The van der Waals surface area contributed by atoms with E-state index in [4.69, 9.17) is 24.2 Å². The van der Waals surface area contributed by atoms with Gasteiger partial charge in [0.2, 0.25) is 5.91 Å². The Morgan fingerprint density at radius 2 is 1.67 bits per heavy atom. The first kappa shape index (κ1) is 35.1. The minimum Gasteiger partial charge on any atom is -0.508 e. The minimum atomic E-state index is -1.31. The molecule has 3 saturated carbocycles. The Hall–Kier alpha value is -4.59. The summed E-state index contributed by atoms with van der Waals surface area (Å²) in [6, 6.07) is 21.1. The Labute approximate surface area is 313 Å². The van der Waals surface area contributed by atoms with Crippen LogP contribution < -0.4 is 10.6 Å². The molecule has 6 atom stereocenters. The number of esters is 1. The molecular weight excluding hydrogens is 690 g/mol. The van der Waals surface area contributed by atoms with Crippen LogP contribution in [0.1, 0.15) is 64.7 Å². The monoisotopic (exact) mass is 735 g/mol. The predicted octanol–water partition coefficient (Wildman–Crippen LogP) is 3.79. The summed E-state index contributed by atoms with van der Waals surface area (Å²) >= 11 is 0. The number of phenolic OH excluding ortho intramolecular Hbond substituents is 1. The molecule has 0 spiro atoms. The summed E-state index contributed by atoms with van der Waals surface area (Å²) in [6.45, 7) is 0.326. The molecule has 3 heterocycles. The number of nitrogens with zero attached hydrogens (tertiary/aromatic N) is 1. The molecule has 282 valence electrons. The van der Waals surface area contributed by atoms with Gasteiger partial charge >= 0.3 is 5.97 Å². The highest BCUT2D eigenvalue weighted by Crippen LogP contribution is 2.63. The van der Waals surface area contributed by atoms with Gasteiger partial charge < -0.3 is 35.1 Å². The number of hydrogen-bond acceptors (Lipinski definition) is 10. The van der Waals surface area contributed by atoms with Crippen LogP contribution in [0.2, 0.25) is 0 Å². The summed E-state index contributed by atoms with van der Waals surface area (Å²) in [5.41, 5.74) is 2.52.